The van der Waals surface area contributed by atoms with Gasteiger partial charge in [0.25, 0.3) is 5.91 Å². The first kappa shape index (κ1) is 22.3. The van der Waals surface area contributed by atoms with Gasteiger partial charge in [-0.3, -0.25) is 9.48 Å². The summed E-state index contributed by atoms with van der Waals surface area (Å²) in [6.07, 6.45) is 1.69. The number of carbonyl (C=O) groups excluding carboxylic acids is 1. The van der Waals surface area contributed by atoms with E-state index in [0.29, 0.717) is 16.9 Å². The van der Waals surface area contributed by atoms with Crippen molar-refractivity contribution < 1.29 is 13.9 Å². The monoisotopic (exact) mass is 447 g/mol. The van der Waals surface area contributed by atoms with E-state index in [0.717, 1.165) is 17.0 Å². The van der Waals surface area contributed by atoms with Gasteiger partial charge in [-0.2, -0.15) is 10.2 Å². The summed E-state index contributed by atoms with van der Waals surface area (Å²) in [6.45, 7) is 8.13. The van der Waals surface area contributed by atoms with Gasteiger partial charge in [-0.1, -0.05) is 35.9 Å². The number of benzene rings is 2. The summed E-state index contributed by atoms with van der Waals surface area (Å²) in [7, 11) is 0. The van der Waals surface area contributed by atoms with E-state index in [-0.39, 0.29) is 30.7 Å². The number of aromatic nitrogens is 4. The highest BCUT2D eigenvalue weighted by Crippen LogP contribution is 2.22. The maximum absolute atomic E-state index is 14.0. The molecule has 0 radical (unpaired) electrons. The molecule has 0 fully saturated rings. The van der Waals surface area contributed by atoms with Gasteiger partial charge in [0, 0.05) is 11.8 Å². The van der Waals surface area contributed by atoms with E-state index in [1.807, 2.05) is 39.0 Å². The van der Waals surface area contributed by atoms with E-state index in [1.54, 1.807) is 46.7 Å². The van der Waals surface area contributed by atoms with E-state index in [1.165, 1.54) is 11.6 Å². The van der Waals surface area contributed by atoms with Crippen LogP contribution in [-0.4, -0.2) is 25.5 Å². The van der Waals surface area contributed by atoms with Crippen molar-refractivity contribution >= 4 is 11.6 Å². The molecule has 170 valence electrons. The second-order valence-corrected chi connectivity index (χ2v) is 8.03. The number of hydrogen-bond acceptors (Lipinski definition) is 4. The van der Waals surface area contributed by atoms with Crippen LogP contribution in [0.25, 0.3) is 0 Å². The van der Waals surface area contributed by atoms with Crippen molar-refractivity contribution in [2.75, 3.05) is 5.32 Å². The highest BCUT2D eigenvalue weighted by molar-refractivity contribution is 6.03. The Labute approximate surface area is 191 Å². The van der Waals surface area contributed by atoms with E-state index in [9.17, 15) is 9.18 Å². The van der Waals surface area contributed by atoms with E-state index in [4.69, 9.17) is 4.74 Å². The molecule has 2 heterocycles. The van der Waals surface area contributed by atoms with Gasteiger partial charge >= 0.3 is 0 Å². The second-order valence-electron chi connectivity index (χ2n) is 8.03. The summed E-state index contributed by atoms with van der Waals surface area (Å²) in [5, 5.41) is 11.7. The largest absolute Gasteiger partial charge is 0.471 e. The Kier molecular flexibility index (Phi) is 6.26. The standard InChI is InChI=1S/C25H26FN5O2/c1-16-9-10-23(17(2)13-16)33-15-30-12-11-22(29-30)25(32)27-24-18(3)28-31(19(24)4)14-20-7-5-6-8-21(20)26/h5-13H,14-15H2,1-4H3,(H,27,32). The molecule has 0 atom stereocenters. The van der Waals surface area contributed by atoms with Crippen LogP contribution in [-0.2, 0) is 13.3 Å². The predicted octanol–water partition coefficient (Wildman–Crippen LogP) is 4.79. The van der Waals surface area contributed by atoms with Crippen molar-refractivity contribution in [2.45, 2.75) is 41.0 Å². The molecule has 0 unspecified atom stereocenters. The van der Waals surface area contributed by atoms with Crippen molar-refractivity contribution in [3.05, 3.63) is 94.3 Å². The molecule has 0 aliphatic rings. The van der Waals surface area contributed by atoms with E-state index >= 15 is 0 Å². The number of hydrogen-bond donors (Lipinski definition) is 1. The third-order valence-electron chi connectivity index (χ3n) is 5.45. The Bertz CT molecular complexity index is 1310. The molecule has 2 aromatic carbocycles. The maximum atomic E-state index is 14.0. The Morgan fingerprint density at radius 1 is 1.06 bits per heavy atom. The molecule has 0 saturated carbocycles. The minimum Gasteiger partial charge on any atom is -0.471 e. The minimum atomic E-state index is -0.350. The zero-order chi connectivity index (χ0) is 23.5. The van der Waals surface area contributed by atoms with Crippen LogP contribution in [0.2, 0.25) is 0 Å². The molecule has 4 rings (SSSR count). The minimum absolute atomic E-state index is 0.190. The molecule has 0 spiro atoms. The normalized spacial score (nSPS) is 10.9. The zero-order valence-electron chi connectivity index (χ0n) is 19.1. The molecule has 0 aliphatic carbocycles. The fourth-order valence-corrected chi connectivity index (χ4v) is 3.65. The first-order valence-corrected chi connectivity index (χ1v) is 10.6. The number of aryl methyl sites for hydroxylation is 3. The number of rotatable bonds is 7. The number of amides is 1. The van der Waals surface area contributed by atoms with Gasteiger partial charge < -0.3 is 10.1 Å². The van der Waals surface area contributed by atoms with Crippen molar-refractivity contribution in [1.82, 2.24) is 19.6 Å². The van der Waals surface area contributed by atoms with E-state index in [2.05, 4.69) is 15.5 Å². The van der Waals surface area contributed by atoms with Crippen LogP contribution in [0, 0.1) is 33.5 Å². The van der Waals surface area contributed by atoms with Gasteiger partial charge in [0.1, 0.15) is 11.6 Å². The maximum Gasteiger partial charge on any atom is 0.276 e. The van der Waals surface area contributed by atoms with Gasteiger partial charge in [-0.25, -0.2) is 9.07 Å². The molecule has 4 aromatic rings. The molecule has 0 bridgehead atoms. The molecule has 7 nitrogen and oxygen atoms in total. The van der Waals surface area contributed by atoms with Crippen LogP contribution in [0.5, 0.6) is 5.75 Å². The molecule has 33 heavy (non-hydrogen) atoms. The number of halogens is 1. The van der Waals surface area contributed by atoms with Crippen LogP contribution in [0.3, 0.4) is 0 Å². The van der Waals surface area contributed by atoms with Crippen LogP contribution in [0.15, 0.2) is 54.7 Å². The third kappa shape index (κ3) is 4.95. The van der Waals surface area contributed by atoms with E-state index < -0.39 is 0 Å². The molecular weight excluding hydrogens is 421 g/mol. The Balaban J connectivity index is 1.43. The van der Waals surface area contributed by atoms with Crippen LogP contribution in [0.4, 0.5) is 10.1 Å². The summed E-state index contributed by atoms with van der Waals surface area (Å²) >= 11 is 0. The fraction of sp³-hybridized carbons (Fsp3) is 0.240. The third-order valence-corrected chi connectivity index (χ3v) is 5.45. The molecule has 8 heteroatoms. The Morgan fingerprint density at radius 2 is 1.85 bits per heavy atom. The van der Waals surface area contributed by atoms with Crippen LogP contribution >= 0.6 is 0 Å². The number of ether oxygens (including phenoxy) is 1. The topological polar surface area (TPSA) is 74.0 Å². The lowest BCUT2D eigenvalue weighted by molar-refractivity contribution is 0.102. The van der Waals surface area contributed by atoms with Crippen molar-refractivity contribution in [3.8, 4) is 5.75 Å². The van der Waals surface area contributed by atoms with Crippen LogP contribution < -0.4 is 10.1 Å². The molecule has 1 amide bonds. The average Bonchev–Trinajstić information content (AvgIpc) is 3.35. The van der Waals surface area contributed by atoms with Gasteiger partial charge in [0.05, 0.1) is 23.6 Å². The first-order valence-electron chi connectivity index (χ1n) is 10.6. The summed E-state index contributed by atoms with van der Waals surface area (Å²) < 4.78 is 23.1. The Morgan fingerprint density at radius 3 is 2.61 bits per heavy atom. The van der Waals surface area contributed by atoms with Gasteiger partial charge in [-0.15, -0.1) is 0 Å². The number of anilines is 1. The molecule has 0 saturated heterocycles. The fourth-order valence-electron chi connectivity index (χ4n) is 3.65. The lowest BCUT2D eigenvalue weighted by Gasteiger charge is -2.09. The Hall–Kier alpha value is -3.94. The summed E-state index contributed by atoms with van der Waals surface area (Å²) in [5.74, 6) is 0.136. The summed E-state index contributed by atoms with van der Waals surface area (Å²) in [4.78, 5) is 12.8. The SMILES string of the molecule is Cc1ccc(OCn2ccc(C(=O)Nc3c(C)nn(Cc4ccccc4F)c3C)n2)c(C)c1. The predicted molar refractivity (Wildman–Crippen MR) is 124 cm³/mol. The van der Waals surface area contributed by atoms with Gasteiger partial charge in [0.2, 0.25) is 0 Å². The van der Waals surface area contributed by atoms with Crippen LogP contribution in [0.1, 0.15) is 38.6 Å². The van der Waals surface area contributed by atoms with Crippen molar-refractivity contribution in [3.63, 3.8) is 0 Å². The first-order chi connectivity index (χ1) is 15.8. The number of carbonyl (C=O) groups is 1. The number of nitrogens with one attached hydrogen (secondary N) is 1. The second kappa shape index (κ2) is 9.28. The van der Waals surface area contributed by atoms with Gasteiger partial charge in [0.15, 0.2) is 12.4 Å². The lowest BCUT2D eigenvalue weighted by atomic mass is 10.1. The average molecular weight is 448 g/mol. The zero-order valence-corrected chi connectivity index (χ0v) is 19.1. The summed E-state index contributed by atoms with van der Waals surface area (Å²) in [6, 6.07) is 14.2. The smallest absolute Gasteiger partial charge is 0.276 e. The summed E-state index contributed by atoms with van der Waals surface area (Å²) in [5.41, 5.74) is 4.98. The quantitative estimate of drug-likeness (QED) is 0.442. The van der Waals surface area contributed by atoms with Crippen molar-refractivity contribution in [2.24, 2.45) is 0 Å². The molecule has 0 aliphatic heterocycles. The number of nitrogens with zero attached hydrogens (tertiary/aromatic N) is 4. The molecule has 1 N–H and O–H groups in total. The highest BCUT2D eigenvalue weighted by Gasteiger charge is 2.18. The molecule has 2 aromatic heterocycles. The lowest BCUT2D eigenvalue weighted by Crippen LogP contribution is -2.15. The highest BCUT2D eigenvalue weighted by atomic mass is 19.1. The molecular formula is C25H26FN5O2. The van der Waals surface area contributed by atoms with Gasteiger partial charge in [-0.05, 0) is 51.5 Å². The van der Waals surface area contributed by atoms with Crippen molar-refractivity contribution in [1.29, 1.82) is 0 Å².